The lowest BCUT2D eigenvalue weighted by Crippen LogP contribution is -2.30. The summed E-state index contributed by atoms with van der Waals surface area (Å²) in [7, 11) is 0. The number of hydrogen-bond donors (Lipinski definition) is 0. The molecule has 1 unspecified atom stereocenters. The number of unbranched alkanes of at least 4 members (excludes halogenated alkanes) is 13. The molecule has 0 aliphatic carbocycles. The number of esters is 3. The number of carbonyl (C=O) groups excluding carboxylic acids is 3. The molecule has 0 aliphatic heterocycles. The Labute approximate surface area is 411 Å². The highest BCUT2D eigenvalue weighted by atomic mass is 16.6. The summed E-state index contributed by atoms with van der Waals surface area (Å²) in [5.74, 6) is -1.07. The minimum absolute atomic E-state index is 0.127. The molecule has 6 nitrogen and oxygen atoms in total. The van der Waals surface area contributed by atoms with E-state index in [1.165, 1.54) is 51.4 Å². The largest absolute Gasteiger partial charge is 0.462 e. The van der Waals surface area contributed by atoms with Crippen LogP contribution in [0.5, 0.6) is 0 Å². The normalized spacial score (nSPS) is 13.2. The van der Waals surface area contributed by atoms with Crippen molar-refractivity contribution in [2.75, 3.05) is 13.2 Å². The highest BCUT2D eigenvalue weighted by molar-refractivity contribution is 5.71. The van der Waals surface area contributed by atoms with Crippen LogP contribution in [0.2, 0.25) is 0 Å². The lowest BCUT2D eigenvalue weighted by Gasteiger charge is -2.18. The van der Waals surface area contributed by atoms with Crippen LogP contribution in [-0.2, 0) is 28.6 Å². The van der Waals surface area contributed by atoms with Gasteiger partial charge in [-0.2, -0.15) is 0 Å². The lowest BCUT2D eigenvalue weighted by molar-refractivity contribution is -0.166. The molecule has 0 aliphatic rings. The Kier molecular flexibility index (Phi) is 50.6. The van der Waals surface area contributed by atoms with Crippen molar-refractivity contribution in [3.63, 3.8) is 0 Å². The van der Waals surface area contributed by atoms with Crippen LogP contribution in [0.4, 0.5) is 0 Å². The van der Waals surface area contributed by atoms with Gasteiger partial charge >= 0.3 is 17.9 Å². The highest BCUT2D eigenvalue weighted by Gasteiger charge is 2.19. The molecule has 376 valence electrons. The van der Waals surface area contributed by atoms with Crippen LogP contribution in [0, 0.1) is 0 Å². The fourth-order valence-corrected chi connectivity index (χ4v) is 6.69. The van der Waals surface area contributed by atoms with Crippen molar-refractivity contribution in [1.29, 1.82) is 0 Å². The zero-order valence-corrected chi connectivity index (χ0v) is 42.9. The third-order valence-electron chi connectivity index (χ3n) is 10.6. The third kappa shape index (κ3) is 52.4. The van der Waals surface area contributed by atoms with E-state index in [1.54, 1.807) is 0 Å². The van der Waals surface area contributed by atoms with Crippen LogP contribution < -0.4 is 0 Å². The third-order valence-corrected chi connectivity index (χ3v) is 10.6. The van der Waals surface area contributed by atoms with Crippen LogP contribution in [-0.4, -0.2) is 37.2 Å². The molecular formula is C61H96O6. The van der Waals surface area contributed by atoms with Gasteiger partial charge in [0.25, 0.3) is 0 Å². The standard InChI is InChI=1S/C61H96O6/c1-4-7-10-13-16-19-22-25-28-29-30-31-34-36-39-42-45-48-51-54-60(63)66-57-58(67-61(64)55-52-49-46-43-40-37-33-27-24-21-18-15-12-9-6-3)56-65-59(62)53-50-47-44-41-38-35-32-26-23-20-17-14-11-8-5-2/h7,9-10,12,16,18-19,21,25-28,30-33,36,39-40,43,45,48,58H,4-6,8,11,13-15,17,20,22-24,29,34-35,37-38,41-42,44,46-47,49-57H2,1-3H3/b10-7-,12-9-,19-16-,21-18-,28-25-,31-30-,32-26-,33-27-,39-36-,43-40-,48-45-. The van der Waals surface area contributed by atoms with Crippen molar-refractivity contribution in [3.8, 4) is 0 Å². The molecule has 0 rings (SSSR count). The molecule has 67 heavy (non-hydrogen) atoms. The SMILES string of the molecule is CC/C=C\C/C=C\C/C=C\C/C=C\C/C=C\C/C=C\CCC(=O)OCC(COC(=O)CCCCCCC/C=C\CCCCCCCC)OC(=O)CCCC/C=C\C/C=C\C/C=C\C/C=C\CC. The second-order valence-corrected chi connectivity index (χ2v) is 17.0. The summed E-state index contributed by atoms with van der Waals surface area (Å²) in [6, 6.07) is 0. The maximum atomic E-state index is 12.8. The average Bonchev–Trinajstić information content (AvgIpc) is 3.33. The van der Waals surface area contributed by atoms with E-state index in [2.05, 4.69) is 142 Å². The van der Waals surface area contributed by atoms with E-state index in [1.807, 2.05) is 12.2 Å². The summed E-state index contributed by atoms with van der Waals surface area (Å²) in [5, 5.41) is 0. The topological polar surface area (TPSA) is 78.9 Å². The predicted molar refractivity (Wildman–Crippen MR) is 288 cm³/mol. The molecule has 6 heteroatoms. The highest BCUT2D eigenvalue weighted by Crippen LogP contribution is 2.12. The van der Waals surface area contributed by atoms with Crippen LogP contribution in [0.25, 0.3) is 0 Å². The Bertz CT molecular complexity index is 1480. The summed E-state index contributed by atoms with van der Waals surface area (Å²) in [6.45, 7) is 6.28. The molecule has 0 heterocycles. The van der Waals surface area contributed by atoms with E-state index >= 15 is 0 Å². The Hall–Kier alpha value is -4.45. The maximum Gasteiger partial charge on any atom is 0.306 e. The van der Waals surface area contributed by atoms with Gasteiger partial charge in [0.15, 0.2) is 6.10 Å². The van der Waals surface area contributed by atoms with E-state index in [0.717, 1.165) is 109 Å². The van der Waals surface area contributed by atoms with Crippen molar-refractivity contribution in [1.82, 2.24) is 0 Å². The Morgan fingerprint density at radius 2 is 0.612 bits per heavy atom. The molecule has 0 radical (unpaired) electrons. The first-order valence-corrected chi connectivity index (χ1v) is 26.7. The van der Waals surface area contributed by atoms with E-state index in [9.17, 15) is 14.4 Å². The lowest BCUT2D eigenvalue weighted by atomic mass is 10.1. The van der Waals surface area contributed by atoms with Gasteiger partial charge in [-0.3, -0.25) is 14.4 Å². The second kappa shape index (κ2) is 54.2. The van der Waals surface area contributed by atoms with Crippen LogP contribution >= 0.6 is 0 Å². The van der Waals surface area contributed by atoms with E-state index < -0.39 is 6.10 Å². The Morgan fingerprint density at radius 3 is 1.04 bits per heavy atom. The minimum atomic E-state index is -0.838. The molecule has 0 bridgehead atoms. The first-order chi connectivity index (χ1) is 33.0. The van der Waals surface area contributed by atoms with Crippen LogP contribution in [0.3, 0.4) is 0 Å². The second-order valence-electron chi connectivity index (χ2n) is 17.0. The molecule has 0 aromatic heterocycles. The van der Waals surface area contributed by atoms with Gasteiger partial charge in [-0.05, 0) is 122 Å². The average molecular weight is 925 g/mol. The number of allylic oxidation sites excluding steroid dienone is 22. The summed E-state index contributed by atoms with van der Waals surface area (Å²) in [5.41, 5.74) is 0. The summed E-state index contributed by atoms with van der Waals surface area (Å²) < 4.78 is 16.7. The van der Waals surface area contributed by atoms with Crippen molar-refractivity contribution < 1.29 is 28.6 Å². The quantitative estimate of drug-likeness (QED) is 0.0262. The smallest absolute Gasteiger partial charge is 0.306 e. The van der Waals surface area contributed by atoms with Gasteiger partial charge in [0, 0.05) is 19.3 Å². The zero-order chi connectivity index (χ0) is 48.6. The van der Waals surface area contributed by atoms with Gasteiger partial charge in [0.2, 0.25) is 0 Å². The van der Waals surface area contributed by atoms with Crippen molar-refractivity contribution in [2.45, 2.75) is 219 Å². The van der Waals surface area contributed by atoms with E-state index in [4.69, 9.17) is 14.2 Å². The van der Waals surface area contributed by atoms with Gasteiger partial charge in [-0.25, -0.2) is 0 Å². The van der Waals surface area contributed by atoms with E-state index in [-0.39, 0.29) is 44.0 Å². The number of rotatable bonds is 46. The molecule has 1 atom stereocenters. The fourth-order valence-electron chi connectivity index (χ4n) is 6.69. The molecule has 0 amide bonds. The monoisotopic (exact) mass is 925 g/mol. The molecule has 0 N–H and O–H groups in total. The van der Waals surface area contributed by atoms with Gasteiger partial charge < -0.3 is 14.2 Å². The van der Waals surface area contributed by atoms with Crippen molar-refractivity contribution >= 4 is 17.9 Å². The fraction of sp³-hybridized carbons (Fsp3) is 0.590. The van der Waals surface area contributed by atoms with Gasteiger partial charge in [0.1, 0.15) is 13.2 Å². The first kappa shape index (κ1) is 62.5. The summed E-state index contributed by atoms with van der Waals surface area (Å²) in [6.07, 6.45) is 75.9. The predicted octanol–water partition coefficient (Wildman–Crippen LogP) is 17.9. The van der Waals surface area contributed by atoms with E-state index in [0.29, 0.717) is 19.3 Å². The molecular weight excluding hydrogens is 829 g/mol. The molecule has 0 aromatic carbocycles. The number of ether oxygens (including phenoxy) is 3. The Balaban J connectivity index is 4.60. The molecule has 0 saturated heterocycles. The maximum absolute atomic E-state index is 12.8. The van der Waals surface area contributed by atoms with Crippen LogP contribution in [0.15, 0.2) is 134 Å². The number of carbonyl (C=O) groups is 3. The van der Waals surface area contributed by atoms with Crippen molar-refractivity contribution in [2.24, 2.45) is 0 Å². The molecule has 0 aromatic rings. The Morgan fingerprint density at radius 1 is 0.313 bits per heavy atom. The molecule has 0 saturated carbocycles. The van der Waals surface area contributed by atoms with Crippen molar-refractivity contribution in [3.05, 3.63) is 134 Å². The van der Waals surface area contributed by atoms with Gasteiger partial charge in [-0.1, -0.05) is 206 Å². The first-order valence-electron chi connectivity index (χ1n) is 26.7. The van der Waals surface area contributed by atoms with Gasteiger partial charge in [-0.15, -0.1) is 0 Å². The number of hydrogen-bond acceptors (Lipinski definition) is 6. The summed E-state index contributed by atoms with van der Waals surface area (Å²) >= 11 is 0. The molecule has 0 fully saturated rings. The van der Waals surface area contributed by atoms with Gasteiger partial charge in [0.05, 0.1) is 0 Å². The van der Waals surface area contributed by atoms with Crippen LogP contribution in [0.1, 0.15) is 213 Å². The zero-order valence-electron chi connectivity index (χ0n) is 42.9. The summed E-state index contributed by atoms with van der Waals surface area (Å²) in [4.78, 5) is 38.0. The molecule has 0 spiro atoms. The minimum Gasteiger partial charge on any atom is -0.462 e.